The van der Waals surface area contributed by atoms with E-state index in [-0.39, 0.29) is 72.7 Å². The quantitative estimate of drug-likeness (QED) is 0.0860. The topological polar surface area (TPSA) is 204 Å². The van der Waals surface area contributed by atoms with Gasteiger partial charge in [0.15, 0.2) is 0 Å². The summed E-state index contributed by atoms with van der Waals surface area (Å²) in [6.45, 7) is 11.2. The largest absolute Gasteiger partial charge is 0.386 e. The summed E-state index contributed by atoms with van der Waals surface area (Å²) in [7, 11) is 4.82. The van der Waals surface area contributed by atoms with Gasteiger partial charge in [0, 0.05) is 52.9 Å². The molecule has 4 rings (SSSR count). The molecule has 65 heavy (non-hydrogen) atoms. The van der Waals surface area contributed by atoms with Gasteiger partial charge in [-0.2, -0.15) is 0 Å². The molecule has 2 fully saturated rings. The van der Waals surface area contributed by atoms with Crippen LogP contribution in [0.2, 0.25) is 0 Å². The first-order chi connectivity index (χ1) is 30.8. The van der Waals surface area contributed by atoms with Crippen molar-refractivity contribution in [2.45, 2.75) is 167 Å². The van der Waals surface area contributed by atoms with E-state index in [0.29, 0.717) is 37.8 Å². The van der Waals surface area contributed by atoms with Gasteiger partial charge in [0.05, 0.1) is 48.8 Å². The average Bonchev–Trinajstić information content (AvgIpc) is 3.90. The number of likely N-dealkylation sites (N-methyl/N-ethyl adjacent to an activating group) is 1. The van der Waals surface area contributed by atoms with Crippen LogP contribution in [0.25, 0.3) is 0 Å². The van der Waals surface area contributed by atoms with Crippen molar-refractivity contribution in [2.24, 2.45) is 17.8 Å². The molecule has 1 aromatic carbocycles. The predicted octanol–water partition coefficient (Wildman–Crippen LogP) is 4.20. The zero-order valence-corrected chi connectivity index (χ0v) is 40.2. The number of carbonyl (C=O) groups is 7. The standard InChI is InChI=1S/C49H76N6O10/c1-31(2)42(51-48(63)49(5,6)52-38(56)25-17-12-18-28-55-39(57)26-27-40(55)58)47(62)53(7)43(34-20-13-10-14-21-34)37(64-8)30-41(59)54-29-19-24-36(54)45(65-9)32(3)46(61)50-33(4)44(60)35-22-15-11-16-23-35/h11,15-16,22-23,26-27,31-34,36-37,42-45,60H,10,12-14,17-21,24-25,28-30H2,1-9H3,(H,50,61)(H,51,63)(H,52,56)/t32-,33-,36+,37-,42+,43+,44-,45-/m1/s1. The number of ether oxygens (including phenoxy) is 2. The Labute approximate surface area is 385 Å². The summed E-state index contributed by atoms with van der Waals surface area (Å²) >= 11 is 0. The van der Waals surface area contributed by atoms with E-state index in [9.17, 15) is 38.7 Å². The van der Waals surface area contributed by atoms with Crippen LogP contribution in [0, 0.1) is 17.8 Å². The maximum atomic E-state index is 14.6. The minimum atomic E-state index is -1.35. The zero-order valence-electron chi connectivity index (χ0n) is 40.2. The third-order valence-corrected chi connectivity index (χ3v) is 13.6. The van der Waals surface area contributed by atoms with Crippen LogP contribution in [0.3, 0.4) is 0 Å². The summed E-state index contributed by atoms with van der Waals surface area (Å²) in [5.74, 6) is -3.23. The Bertz CT molecular complexity index is 1800. The highest BCUT2D eigenvalue weighted by Crippen LogP contribution is 2.34. The fourth-order valence-electron chi connectivity index (χ4n) is 9.69. The number of hydrogen-bond donors (Lipinski definition) is 4. The summed E-state index contributed by atoms with van der Waals surface area (Å²) in [5.41, 5.74) is -0.655. The van der Waals surface area contributed by atoms with Crippen LogP contribution in [0.4, 0.5) is 0 Å². The molecule has 0 radical (unpaired) electrons. The number of hydrogen-bond acceptors (Lipinski definition) is 10. The highest BCUT2D eigenvalue weighted by molar-refractivity contribution is 6.12. The Morgan fingerprint density at radius 3 is 2.11 bits per heavy atom. The van der Waals surface area contributed by atoms with Crippen LogP contribution in [0.5, 0.6) is 0 Å². The minimum Gasteiger partial charge on any atom is -0.386 e. The van der Waals surface area contributed by atoms with Gasteiger partial charge in [-0.15, -0.1) is 0 Å². The molecule has 0 spiro atoms. The lowest BCUT2D eigenvalue weighted by atomic mass is 9.80. The van der Waals surface area contributed by atoms with Gasteiger partial charge < -0.3 is 40.3 Å². The highest BCUT2D eigenvalue weighted by Gasteiger charge is 2.44. The van der Waals surface area contributed by atoms with Gasteiger partial charge in [0.1, 0.15) is 11.6 Å². The van der Waals surface area contributed by atoms with E-state index in [1.165, 1.54) is 17.1 Å². The normalized spacial score (nSPS) is 20.2. The molecule has 1 aliphatic carbocycles. The van der Waals surface area contributed by atoms with Gasteiger partial charge in [-0.1, -0.05) is 76.8 Å². The Morgan fingerprint density at radius 2 is 1.51 bits per heavy atom. The van der Waals surface area contributed by atoms with E-state index < -0.39 is 53.8 Å². The van der Waals surface area contributed by atoms with Gasteiger partial charge in [-0.25, -0.2) is 0 Å². The molecule has 0 aromatic heterocycles. The second kappa shape index (κ2) is 24.7. The smallest absolute Gasteiger partial charge is 0.253 e. The highest BCUT2D eigenvalue weighted by atomic mass is 16.5. The van der Waals surface area contributed by atoms with Crippen molar-refractivity contribution in [1.29, 1.82) is 0 Å². The molecule has 16 nitrogen and oxygen atoms in total. The van der Waals surface area contributed by atoms with Crippen LogP contribution >= 0.6 is 0 Å². The molecule has 2 heterocycles. The number of carbonyl (C=O) groups excluding carboxylic acids is 7. The summed E-state index contributed by atoms with van der Waals surface area (Å²) in [5, 5.41) is 19.6. The summed E-state index contributed by atoms with van der Waals surface area (Å²) in [6, 6.07) is 6.76. The second-order valence-corrected chi connectivity index (χ2v) is 19.1. The van der Waals surface area contributed by atoms with Crippen LogP contribution in [-0.4, -0.2) is 137 Å². The van der Waals surface area contributed by atoms with E-state index in [1.807, 2.05) is 44.2 Å². The molecule has 1 aromatic rings. The number of amides is 7. The fraction of sp³-hybridized carbons (Fsp3) is 0.694. The number of benzene rings is 1. The molecule has 1 saturated carbocycles. The van der Waals surface area contributed by atoms with Crippen LogP contribution in [-0.2, 0) is 43.0 Å². The van der Waals surface area contributed by atoms with E-state index in [2.05, 4.69) is 16.0 Å². The van der Waals surface area contributed by atoms with Gasteiger partial charge in [-0.05, 0) is 76.7 Å². The molecule has 7 amide bonds. The maximum Gasteiger partial charge on any atom is 0.253 e. The van der Waals surface area contributed by atoms with E-state index in [0.717, 1.165) is 38.5 Å². The lowest BCUT2D eigenvalue weighted by Gasteiger charge is -2.43. The van der Waals surface area contributed by atoms with E-state index >= 15 is 0 Å². The minimum absolute atomic E-state index is 0.00736. The molecular formula is C49H76N6O10. The van der Waals surface area contributed by atoms with Gasteiger partial charge >= 0.3 is 0 Å². The molecular weight excluding hydrogens is 833 g/mol. The first kappa shape index (κ1) is 52.9. The number of aliphatic hydroxyl groups excluding tert-OH is 1. The third-order valence-electron chi connectivity index (χ3n) is 13.6. The zero-order chi connectivity index (χ0) is 48.0. The third kappa shape index (κ3) is 14.2. The molecule has 16 heteroatoms. The number of rotatable bonds is 24. The Balaban J connectivity index is 1.41. The predicted molar refractivity (Wildman–Crippen MR) is 246 cm³/mol. The molecule has 0 bridgehead atoms. The van der Waals surface area contributed by atoms with Gasteiger partial charge in [-0.3, -0.25) is 38.5 Å². The van der Waals surface area contributed by atoms with Crippen molar-refractivity contribution in [2.75, 3.05) is 34.4 Å². The number of unbranched alkanes of at least 4 members (excludes halogenated alkanes) is 2. The molecule has 362 valence electrons. The Kier molecular flexibility index (Phi) is 20.2. The van der Waals surface area contributed by atoms with Crippen molar-refractivity contribution in [3.63, 3.8) is 0 Å². The number of nitrogens with zero attached hydrogens (tertiary/aromatic N) is 3. The molecule has 2 aliphatic heterocycles. The van der Waals surface area contributed by atoms with Crippen molar-refractivity contribution in [1.82, 2.24) is 30.7 Å². The van der Waals surface area contributed by atoms with Crippen molar-refractivity contribution >= 4 is 41.4 Å². The Morgan fingerprint density at radius 1 is 0.862 bits per heavy atom. The summed E-state index contributed by atoms with van der Waals surface area (Å²) < 4.78 is 12.1. The van der Waals surface area contributed by atoms with Crippen molar-refractivity contribution < 1.29 is 48.1 Å². The average molecular weight is 909 g/mol. The molecule has 8 atom stereocenters. The molecule has 4 N–H and O–H groups in total. The number of methoxy groups -OCH3 is 2. The first-order valence-corrected chi connectivity index (χ1v) is 23.6. The monoisotopic (exact) mass is 909 g/mol. The molecule has 1 saturated heterocycles. The number of imide groups is 1. The second-order valence-electron chi connectivity index (χ2n) is 19.1. The van der Waals surface area contributed by atoms with E-state index in [1.54, 1.807) is 58.8 Å². The van der Waals surface area contributed by atoms with Gasteiger partial charge in [0.2, 0.25) is 29.5 Å². The number of likely N-dealkylation sites (tertiary alicyclic amines) is 1. The van der Waals surface area contributed by atoms with Crippen LogP contribution < -0.4 is 16.0 Å². The Hall–Kier alpha value is -4.67. The van der Waals surface area contributed by atoms with Crippen molar-refractivity contribution in [3.8, 4) is 0 Å². The van der Waals surface area contributed by atoms with E-state index in [4.69, 9.17) is 9.47 Å². The molecule has 0 unspecified atom stereocenters. The SMILES string of the molecule is CO[C@H]([C@@H](C)C(=O)N[C@H](C)[C@@H](O)c1ccccc1)[C@@H]1CCCN1C(=O)C[C@@H](OC)[C@H](C1CCCCC1)N(C)C(=O)[C@@H](NC(=O)C(C)(C)NC(=O)CCCCCN1C(=O)C=CC1=O)C(C)C. The first-order valence-electron chi connectivity index (χ1n) is 23.6. The van der Waals surface area contributed by atoms with Crippen LogP contribution in [0.15, 0.2) is 42.5 Å². The lowest BCUT2D eigenvalue weighted by Crippen LogP contribution is -2.62. The summed E-state index contributed by atoms with van der Waals surface area (Å²) in [4.78, 5) is 97.7. The number of aliphatic hydroxyl groups is 1. The maximum absolute atomic E-state index is 14.6. The fourth-order valence-corrected chi connectivity index (χ4v) is 9.69. The van der Waals surface area contributed by atoms with Crippen molar-refractivity contribution in [3.05, 3.63) is 48.0 Å². The lowest BCUT2D eigenvalue weighted by molar-refractivity contribution is -0.148. The summed E-state index contributed by atoms with van der Waals surface area (Å²) in [6.07, 6.45) is 8.19. The molecule has 3 aliphatic rings. The van der Waals surface area contributed by atoms with Crippen LogP contribution in [0.1, 0.15) is 130 Å². The van der Waals surface area contributed by atoms with Gasteiger partial charge in [0.25, 0.3) is 11.8 Å². The number of nitrogens with one attached hydrogen (secondary N) is 3.